The van der Waals surface area contributed by atoms with Crippen molar-refractivity contribution in [3.05, 3.63) is 172 Å². The fourth-order valence-corrected chi connectivity index (χ4v) is 12.4. The molecule has 0 unspecified atom stereocenters. The van der Waals surface area contributed by atoms with Crippen LogP contribution in [0.1, 0.15) is 172 Å². The molecular formula is C74H89N9O4. The van der Waals surface area contributed by atoms with Crippen LogP contribution < -0.4 is 4.74 Å². The van der Waals surface area contributed by atoms with E-state index in [4.69, 9.17) is 40.1 Å². The van der Waals surface area contributed by atoms with Gasteiger partial charge in [0.05, 0.1) is 12.2 Å². The van der Waals surface area contributed by atoms with Gasteiger partial charge in [-0.15, -0.1) is 30.0 Å². The third-order valence-electron chi connectivity index (χ3n) is 16.1. The molecule has 10 rings (SSSR count). The lowest BCUT2D eigenvalue weighted by atomic mass is 9.71. The molecule has 13 heteroatoms. The van der Waals surface area contributed by atoms with Crippen molar-refractivity contribution < 1.29 is 20.1 Å². The molecule has 0 spiro atoms. The van der Waals surface area contributed by atoms with Crippen molar-refractivity contribution in [1.82, 2.24) is 44.9 Å². The predicted octanol–water partition coefficient (Wildman–Crippen LogP) is 18.1. The summed E-state index contributed by atoms with van der Waals surface area (Å²) in [6.07, 6.45) is 9.36. The molecule has 0 atom stereocenters. The van der Waals surface area contributed by atoms with E-state index in [1.807, 2.05) is 72.8 Å². The average Bonchev–Trinajstić information content (AvgIpc) is 1.90. The molecule has 3 N–H and O–H groups in total. The van der Waals surface area contributed by atoms with Gasteiger partial charge in [0.1, 0.15) is 56.4 Å². The van der Waals surface area contributed by atoms with Crippen molar-refractivity contribution in [2.45, 2.75) is 172 Å². The minimum atomic E-state index is -0.231. The Bertz CT molecular complexity index is 3780. The van der Waals surface area contributed by atoms with Crippen LogP contribution in [0.2, 0.25) is 0 Å². The molecule has 0 amide bonds. The van der Waals surface area contributed by atoms with Gasteiger partial charge in [-0.1, -0.05) is 192 Å². The fourth-order valence-electron chi connectivity index (χ4n) is 12.4. The zero-order valence-electron chi connectivity index (χ0n) is 54.0. The summed E-state index contributed by atoms with van der Waals surface area (Å²) in [5.74, 6) is 2.52. The number of aryl methyl sites for hydroxylation is 4. The largest absolute Gasteiger partial charge is 0.507 e. The van der Waals surface area contributed by atoms with Crippen LogP contribution in [0.4, 0.5) is 0 Å². The highest BCUT2D eigenvalue weighted by Crippen LogP contribution is 2.44. The Labute approximate surface area is 515 Å². The molecule has 3 aromatic heterocycles. The third kappa shape index (κ3) is 15.4. The first kappa shape index (κ1) is 63.1. The Balaban J connectivity index is 0.000000214. The Morgan fingerprint density at radius 3 is 1.22 bits per heavy atom. The van der Waals surface area contributed by atoms with E-state index >= 15 is 0 Å². The van der Waals surface area contributed by atoms with Crippen molar-refractivity contribution >= 4 is 22.1 Å². The molecule has 13 nitrogen and oxygen atoms in total. The number of rotatable bonds is 19. The minimum Gasteiger partial charge on any atom is -0.507 e. The van der Waals surface area contributed by atoms with Crippen LogP contribution in [0.25, 0.3) is 67.6 Å². The van der Waals surface area contributed by atoms with Gasteiger partial charge in [0.2, 0.25) is 0 Å². The van der Waals surface area contributed by atoms with Crippen molar-refractivity contribution in [2.24, 2.45) is 10.8 Å². The molecule has 0 aliphatic heterocycles. The summed E-state index contributed by atoms with van der Waals surface area (Å²) < 4.78 is 5.91. The monoisotopic (exact) mass is 1170 g/mol. The topological polar surface area (TPSA) is 170 Å². The molecule has 0 bridgehead atoms. The van der Waals surface area contributed by atoms with Crippen LogP contribution in [0.5, 0.6) is 23.0 Å². The highest BCUT2D eigenvalue weighted by molar-refractivity contribution is 5.76. The first-order chi connectivity index (χ1) is 41.1. The van der Waals surface area contributed by atoms with Gasteiger partial charge in [-0.2, -0.15) is 0 Å². The first-order valence-electron chi connectivity index (χ1n) is 30.9. The normalized spacial score (nSPS) is 12.2. The molecule has 0 saturated heterocycles. The summed E-state index contributed by atoms with van der Waals surface area (Å²) >= 11 is 0. The summed E-state index contributed by atoms with van der Waals surface area (Å²) in [5, 5.41) is 53.9. The Kier molecular flexibility index (Phi) is 18.7. The van der Waals surface area contributed by atoms with Crippen LogP contribution in [0.3, 0.4) is 0 Å². The Morgan fingerprint density at radius 2 is 0.828 bits per heavy atom. The zero-order valence-corrected chi connectivity index (χ0v) is 54.0. The second kappa shape index (κ2) is 25.9. The fraction of sp³-hybridized carbons (Fsp3) is 0.392. The number of hydrogen-bond acceptors (Lipinski definition) is 11. The molecule has 0 aliphatic carbocycles. The molecule has 3 heterocycles. The van der Waals surface area contributed by atoms with E-state index in [9.17, 15) is 15.3 Å². The SMILES string of the molecule is CC(C)(C)CC(C)(C)c1cc(Cc2cc(C(C)(C)CC(C)(C)C)cc(-n3nc4ccccc4n3)c2O)c(O)c(-n2nc3ccccc3n2)c1.CCCCCCCCOc1ccc(-c2nc(-c3ccc(C)cc3C)nc(-c3ccc(C)cc3C)n2)c(O)c1. The quantitative estimate of drug-likeness (QED) is 0.0659. The number of phenolic OH excluding ortho intramolecular Hbond substituents is 3. The van der Waals surface area contributed by atoms with Gasteiger partial charge in [0.25, 0.3) is 0 Å². The highest BCUT2D eigenvalue weighted by Gasteiger charge is 2.32. The standard InChI is InChI=1S/C41H50N6O2.C33H39N3O2/c1-38(2,3)24-40(7,8)28-20-26(36(48)34(22-28)46-42-30-15-11-12-16-31(30)43-46)19-27-21-29(41(9,10)25-39(4,5)6)23-35(37(27)49)47-44-32-17-13-14-18-33(32)45-47;1-6-7-8-9-10-11-18-38-26-14-17-29(30(37)21-26)33-35-31(27-15-12-22(2)19-24(27)4)34-32(36-33)28-16-13-23(3)20-25(28)5/h11-18,20-23,48-49H,19,24-25H2,1-10H3;12-17,19-21,37H,6-11,18H2,1-5H3. The molecule has 0 saturated carbocycles. The smallest absolute Gasteiger partial charge is 0.167 e. The number of hydrogen-bond donors (Lipinski definition) is 3. The van der Waals surface area contributed by atoms with Crippen LogP contribution in [0.15, 0.2) is 127 Å². The van der Waals surface area contributed by atoms with E-state index in [0.29, 0.717) is 57.9 Å². The maximum Gasteiger partial charge on any atom is 0.167 e. The number of nitrogens with zero attached hydrogens (tertiary/aromatic N) is 9. The summed E-state index contributed by atoms with van der Waals surface area (Å²) in [6.45, 7) is 33.6. The van der Waals surface area contributed by atoms with Gasteiger partial charge in [-0.25, -0.2) is 15.0 Å². The maximum atomic E-state index is 12.0. The second-order valence-electron chi connectivity index (χ2n) is 27.6. The third-order valence-corrected chi connectivity index (χ3v) is 16.1. The van der Waals surface area contributed by atoms with Crippen LogP contribution >= 0.6 is 0 Å². The number of benzene rings is 7. The molecule has 10 aromatic rings. The molecular weight excluding hydrogens is 1080 g/mol. The number of ether oxygens (including phenoxy) is 1. The molecule has 87 heavy (non-hydrogen) atoms. The van der Waals surface area contributed by atoms with E-state index < -0.39 is 0 Å². The lowest BCUT2D eigenvalue weighted by Crippen LogP contribution is -2.25. The maximum absolute atomic E-state index is 12.0. The second-order valence-corrected chi connectivity index (χ2v) is 27.6. The molecule has 0 radical (unpaired) electrons. The zero-order chi connectivity index (χ0) is 62.6. The predicted molar refractivity (Wildman–Crippen MR) is 354 cm³/mol. The molecule has 7 aromatic carbocycles. The first-order valence-corrected chi connectivity index (χ1v) is 30.9. The van der Waals surface area contributed by atoms with E-state index in [2.05, 4.69) is 152 Å². The highest BCUT2D eigenvalue weighted by atomic mass is 16.5. The Morgan fingerprint density at radius 1 is 0.437 bits per heavy atom. The van der Waals surface area contributed by atoms with Crippen molar-refractivity contribution in [2.75, 3.05) is 6.61 Å². The summed E-state index contributed by atoms with van der Waals surface area (Å²) in [4.78, 5) is 17.6. The van der Waals surface area contributed by atoms with E-state index in [1.54, 1.807) is 6.07 Å². The number of aromatic hydroxyl groups is 3. The van der Waals surface area contributed by atoms with Gasteiger partial charge in [-0.3, -0.25) is 0 Å². The lowest BCUT2D eigenvalue weighted by molar-refractivity contribution is 0.283. The van der Waals surface area contributed by atoms with Crippen LogP contribution in [-0.2, 0) is 17.3 Å². The minimum absolute atomic E-state index is 0.0702. The lowest BCUT2D eigenvalue weighted by Gasteiger charge is -2.34. The van der Waals surface area contributed by atoms with Gasteiger partial charge in [0.15, 0.2) is 17.5 Å². The summed E-state index contributed by atoms with van der Waals surface area (Å²) in [5.41, 5.74) is 14.2. The molecule has 0 aliphatic rings. The Hall–Kier alpha value is -8.45. The van der Waals surface area contributed by atoms with Gasteiger partial charge < -0.3 is 20.1 Å². The van der Waals surface area contributed by atoms with E-state index in [0.717, 1.165) is 81.1 Å². The van der Waals surface area contributed by atoms with Crippen molar-refractivity contribution in [3.63, 3.8) is 0 Å². The van der Waals surface area contributed by atoms with Crippen molar-refractivity contribution in [1.29, 1.82) is 0 Å². The molecule has 454 valence electrons. The van der Waals surface area contributed by atoms with E-state index in [-0.39, 0.29) is 45.3 Å². The summed E-state index contributed by atoms with van der Waals surface area (Å²) in [7, 11) is 0. The average molecular weight is 1170 g/mol. The van der Waals surface area contributed by atoms with Gasteiger partial charge in [-0.05, 0) is 139 Å². The van der Waals surface area contributed by atoms with Gasteiger partial charge in [0, 0.05) is 34.7 Å². The van der Waals surface area contributed by atoms with Crippen LogP contribution in [-0.4, -0.2) is 66.9 Å². The van der Waals surface area contributed by atoms with Crippen molar-refractivity contribution in [3.8, 4) is 68.5 Å². The number of fused-ring (bicyclic) bond motifs is 2. The number of phenols is 3. The number of aromatic nitrogens is 9. The number of unbranched alkanes of at least 4 members (excludes halogenated alkanes) is 5. The van der Waals surface area contributed by atoms with E-state index in [1.165, 1.54) is 46.4 Å². The van der Waals surface area contributed by atoms with Gasteiger partial charge >= 0.3 is 0 Å². The summed E-state index contributed by atoms with van der Waals surface area (Å²) in [6, 6.07) is 41.4. The molecule has 0 fully saturated rings. The van der Waals surface area contributed by atoms with Crippen LogP contribution in [0, 0.1) is 38.5 Å².